The van der Waals surface area contributed by atoms with Gasteiger partial charge in [0.2, 0.25) is 0 Å². The van der Waals surface area contributed by atoms with Crippen LogP contribution in [0.3, 0.4) is 0 Å². The van der Waals surface area contributed by atoms with Crippen molar-refractivity contribution in [1.29, 1.82) is 0 Å². The van der Waals surface area contributed by atoms with Crippen molar-refractivity contribution >= 4 is 5.71 Å². The van der Waals surface area contributed by atoms with Gasteiger partial charge in [-0.05, 0) is 25.8 Å². The van der Waals surface area contributed by atoms with Crippen molar-refractivity contribution in [2.45, 2.75) is 19.8 Å². The molecule has 1 rings (SSSR count). The van der Waals surface area contributed by atoms with Gasteiger partial charge in [-0.3, -0.25) is 0 Å². The normalized spacial score (nSPS) is 30.3. The third-order valence-corrected chi connectivity index (χ3v) is 2.09. The maximum atomic E-state index is 8.74. The van der Waals surface area contributed by atoms with Gasteiger partial charge in [0.05, 0.1) is 12.8 Å². The van der Waals surface area contributed by atoms with Crippen LogP contribution in [0, 0.1) is 0 Å². The molecule has 0 bridgehead atoms. The Morgan fingerprint density at radius 2 is 2.21 bits per heavy atom. The monoisotopic (exact) mass is 193 g/mol. The molecule has 14 heavy (non-hydrogen) atoms. The molecular formula is C11H15NO2. The third-order valence-electron chi connectivity index (χ3n) is 2.09. The Hall–Kier alpha value is -1.51. The standard InChI is InChI=1S/C11H15NO2/c1-9-4-3-5-11(14-2)8-10(12-13)7-6-9/h3-5,8,13H,6-7H2,1-2H3/b5-3-,9-4+,11-8-,12-10+. The molecule has 0 atom stereocenters. The number of allylic oxidation sites excluding steroid dienone is 5. The van der Waals surface area contributed by atoms with Crippen molar-refractivity contribution < 1.29 is 9.94 Å². The van der Waals surface area contributed by atoms with Crippen LogP contribution in [0.1, 0.15) is 19.8 Å². The summed E-state index contributed by atoms with van der Waals surface area (Å²) in [7, 11) is 1.60. The van der Waals surface area contributed by atoms with Crippen LogP contribution in [0.5, 0.6) is 0 Å². The molecule has 0 heterocycles. The SMILES string of the molecule is COC1=C\C(=N\O)CC/C(C)=C/C=C\1. The van der Waals surface area contributed by atoms with E-state index >= 15 is 0 Å². The third kappa shape index (κ3) is 3.09. The number of hydrogen-bond acceptors (Lipinski definition) is 3. The van der Waals surface area contributed by atoms with E-state index in [2.05, 4.69) is 12.1 Å². The summed E-state index contributed by atoms with van der Waals surface area (Å²) in [5, 5.41) is 12.0. The molecule has 3 heteroatoms. The van der Waals surface area contributed by atoms with E-state index in [-0.39, 0.29) is 0 Å². The fraction of sp³-hybridized carbons (Fsp3) is 0.364. The highest BCUT2D eigenvalue weighted by Crippen LogP contribution is 2.11. The molecule has 0 aliphatic heterocycles. The van der Waals surface area contributed by atoms with Crippen molar-refractivity contribution in [2.24, 2.45) is 5.16 Å². The van der Waals surface area contributed by atoms with Crippen molar-refractivity contribution in [3.05, 3.63) is 35.6 Å². The number of rotatable bonds is 1. The molecule has 0 saturated carbocycles. The lowest BCUT2D eigenvalue weighted by Crippen LogP contribution is -1.96. The van der Waals surface area contributed by atoms with Crippen LogP contribution in [-0.4, -0.2) is 18.0 Å². The predicted octanol–water partition coefficient (Wildman–Crippen LogP) is 2.64. The zero-order valence-electron chi connectivity index (χ0n) is 8.53. The zero-order valence-corrected chi connectivity index (χ0v) is 8.53. The Morgan fingerprint density at radius 3 is 2.86 bits per heavy atom. The molecule has 1 N–H and O–H groups in total. The molecule has 1 aliphatic carbocycles. The van der Waals surface area contributed by atoms with Gasteiger partial charge in [-0.1, -0.05) is 22.9 Å². The molecule has 0 aromatic heterocycles. The molecular weight excluding hydrogens is 178 g/mol. The first-order chi connectivity index (χ1) is 6.76. The topological polar surface area (TPSA) is 41.8 Å². The molecule has 0 spiro atoms. The highest BCUT2D eigenvalue weighted by atomic mass is 16.5. The first kappa shape index (κ1) is 10.6. The number of methoxy groups -OCH3 is 1. The molecule has 0 saturated heterocycles. The highest BCUT2D eigenvalue weighted by Gasteiger charge is 2.02. The molecule has 0 radical (unpaired) electrons. The van der Waals surface area contributed by atoms with Crippen LogP contribution in [-0.2, 0) is 4.74 Å². The minimum absolute atomic E-state index is 0.640. The van der Waals surface area contributed by atoms with Crippen molar-refractivity contribution in [1.82, 2.24) is 0 Å². The summed E-state index contributed by atoms with van der Waals surface area (Å²) in [5.41, 5.74) is 1.90. The van der Waals surface area contributed by atoms with Crippen LogP contribution < -0.4 is 0 Å². The molecule has 0 aromatic carbocycles. The number of hydrogen-bond donors (Lipinski definition) is 1. The second kappa shape index (κ2) is 5.27. The molecule has 0 unspecified atom stereocenters. The van der Waals surface area contributed by atoms with E-state index in [1.54, 1.807) is 13.2 Å². The van der Waals surface area contributed by atoms with Gasteiger partial charge in [0.15, 0.2) is 0 Å². The fourth-order valence-electron chi connectivity index (χ4n) is 1.21. The molecule has 0 fully saturated rings. The maximum absolute atomic E-state index is 8.74. The van der Waals surface area contributed by atoms with E-state index < -0.39 is 0 Å². The van der Waals surface area contributed by atoms with E-state index in [9.17, 15) is 0 Å². The van der Waals surface area contributed by atoms with Crippen LogP contribution in [0.25, 0.3) is 0 Å². The summed E-state index contributed by atoms with van der Waals surface area (Å²) < 4.78 is 5.10. The summed E-state index contributed by atoms with van der Waals surface area (Å²) >= 11 is 0. The summed E-state index contributed by atoms with van der Waals surface area (Å²) in [5.74, 6) is 0.698. The average Bonchev–Trinajstić information content (AvgIpc) is 2.29. The first-order valence-electron chi connectivity index (χ1n) is 4.56. The number of ether oxygens (including phenoxy) is 1. The summed E-state index contributed by atoms with van der Waals surface area (Å²) in [6.45, 7) is 2.05. The Morgan fingerprint density at radius 1 is 1.43 bits per heavy atom. The zero-order chi connectivity index (χ0) is 10.4. The lowest BCUT2D eigenvalue weighted by atomic mass is 10.1. The van der Waals surface area contributed by atoms with Crippen molar-refractivity contribution in [3.63, 3.8) is 0 Å². The van der Waals surface area contributed by atoms with E-state index in [4.69, 9.17) is 9.94 Å². The molecule has 0 aromatic rings. The Balaban J connectivity index is 2.94. The lowest BCUT2D eigenvalue weighted by Gasteiger charge is -2.01. The second-order valence-electron chi connectivity index (χ2n) is 3.21. The van der Waals surface area contributed by atoms with Gasteiger partial charge < -0.3 is 9.94 Å². The van der Waals surface area contributed by atoms with Gasteiger partial charge in [0, 0.05) is 6.08 Å². The van der Waals surface area contributed by atoms with Crippen LogP contribution >= 0.6 is 0 Å². The van der Waals surface area contributed by atoms with Crippen LogP contribution in [0.2, 0.25) is 0 Å². The fourth-order valence-corrected chi connectivity index (χ4v) is 1.21. The Bertz CT molecular complexity index is 311. The average molecular weight is 193 g/mol. The van der Waals surface area contributed by atoms with E-state index in [0.29, 0.717) is 11.5 Å². The molecule has 3 nitrogen and oxygen atoms in total. The van der Waals surface area contributed by atoms with Gasteiger partial charge in [-0.15, -0.1) is 0 Å². The van der Waals surface area contributed by atoms with E-state index in [1.165, 1.54) is 5.57 Å². The Kier molecular flexibility index (Phi) is 3.98. The minimum Gasteiger partial charge on any atom is -0.497 e. The van der Waals surface area contributed by atoms with Crippen molar-refractivity contribution in [3.8, 4) is 0 Å². The second-order valence-corrected chi connectivity index (χ2v) is 3.21. The van der Waals surface area contributed by atoms with Gasteiger partial charge in [-0.2, -0.15) is 0 Å². The summed E-state index contributed by atoms with van der Waals surface area (Å²) in [6, 6.07) is 0. The maximum Gasteiger partial charge on any atom is 0.120 e. The van der Waals surface area contributed by atoms with Gasteiger partial charge >= 0.3 is 0 Å². The molecule has 1 aliphatic rings. The predicted molar refractivity (Wildman–Crippen MR) is 56.4 cm³/mol. The number of oxime groups is 1. The number of nitrogens with zero attached hydrogens (tertiary/aromatic N) is 1. The van der Waals surface area contributed by atoms with Crippen LogP contribution in [0.4, 0.5) is 0 Å². The minimum atomic E-state index is 0.640. The largest absolute Gasteiger partial charge is 0.497 e. The van der Waals surface area contributed by atoms with Gasteiger partial charge in [0.1, 0.15) is 5.76 Å². The van der Waals surface area contributed by atoms with Crippen LogP contribution in [0.15, 0.2) is 40.8 Å². The highest BCUT2D eigenvalue weighted by molar-refractivity contribution is 5.95. The Labute approximate surface area is 84.1 Å². The van der Waals surface area contributed by atoms with E-state index in [0.717, 1.165) is 12.8 Å². The lowest BCUT2D eigenvalue weighted by molar-refractivity contribution is 0.305. The van der Waals surface area contributed by atoms with Crippen molar-refractivity contribution in [2.75, 3.05) is 7.11 Å². The van der Waals surface area contributed by atoms with Gasteiger partial charge in [0.25, 0.3) is 0 Å². The summed E-state index contributed by atoms with van der Waals surface area (Å²) in [4.78, 5) is 0. The van der Waals surface area contributed by atoms with Gasteiger partial charge in [-0.25, -0.2) is 0 Å². The first-order valence-corrected chi connectivity index (χ1v) is 4.56. The summed E-state index contributed by atoms with van der Waals surface area (Å²) in [6.07, 6.45) is 9.19. The smallest absolute Gasteiger partial charge is 0.120 e. The molecule has 0 amide bonds. The van der Waals surface area contributed by atoms with E-state index in [1.807, 2.05) is 18.2 Å². The molecule has 76 valence electrons. The quantitative estimate of drug-likeness (QED) is 0.513.